The predicted octanol–water partition coefficient (Wildman–Crippen LogP) is 3.03. The molecule has 1 fully saturated rings. The maximum atomic E-state index is 13.0. The molecule has 0 radical (unpaired) electrons. The molecule has 146 valence electrons. The molecule has 0 bridgehead atoms. The number of hydrogen-bond acceptors (Lipinski definition) is 6. The average molecular weight is 374 g/mol. The zero-order chi connectivity index (χ0) is 19.8. The van der Waals surface area contributed by atoms with Crippen molar-refractivity contribution in [2.24, 2.45) is 11.3 Å². The Morgan fingerprint density at radius 1 is 1.30 bits per heavy atom. The molecule has 3 atom stereocenters. The maximum Gasteiger partial charge on any atom is 0.328 e. The van der Waals surface area contributed by atoms with E-state index in [-0.39, 0.29) is 23.3 Å². The van der Waals surface area contributed by atoms with E-state index in [1.54, 1.807) is 4.90 Å². The first-order valence-electron chi connectivity index (χ1n) is 9.11. The molecule has 0 aliphatic carbocycles. The Kier molecular flexibility index (Phi) is 5.13. The fourth-order valence-corrected chi connectivity index (χ4v) is 3.21. The first-order valence-corrected chi connectivity index (χ1v) is 9.11. The fraction of sp³-hybridized carbons (Fsp3) is 0.550. The van der Waals surface area contributed by atoms with Gasteiger partial charge in [-0.2, -0.15) is 0 Å². The highest BCUT2D eigenvalue weighted by molar-refractivity contribution is 5.87. The van der Waals surface area contributed by atoms with Crippen LogP contribution in [0.2, 0.25) is 0 Å². The summed E-state index contributed by atoms with van der Waals surface area (Å²) in [6.45, 7) is 8.22. The van der Waals surface area contributed by atoms with Gasteiger partial charge in [0.25, 0.3) is 5.88 Å². The second-order valence-corrected chi connectivity index (χ2v) is 8.08. The number of aromatic nitrogens is 1. The molecule has 1 aromatic heterocycles. The van der Waals surface area contributed by atoms with Crippen LogP contribution in [0.15, 0.2) is 28.8 Å². The Hall–Kier alpha value is -2.57. The Bertz CT molecular complexity index is 838. The zero-order valence-electron chi connectivity index (χ0n) is 16.4. The molecule has 1 aliphatic heterocycles. The van der Waals surface area contributed by atoms with Gasteiger partial charge in [0.1, 0.15) is 12.1 Å². The van der Waals surface area contributed by atoms with E-state index < -0.39 is 12.0 Å². The van der Waals surface area contributed by atoms with E-state index in [9.17, 15) is 9.59 Å². The minimum absolute atomic E-state index is 0.0750. The summed E-state index contributed by atoms with van der Waals surface area (Å²) in [5.74, 6) is -0.372. The number of likely N-dealkylation sites (tertiary alicyclic amines) is 1. The van der Waals surface area contributed by atoms with E-state index >= 15 is 0 Å². The summed E-state index contributed by atoms with van der Waals surface area (Å²) in [5, 5.41) is 4.74. The van der Waals surface area contributed by atoms with Crippen molar-refractivity contribution in [1.82, 2.24) is 10.1 Å². The summed E-state index contributed by atoms with van der Waals surface area (Å²) in [6.07, 6.45) is -0.00469. The topological polar surface area (TPSA) is 81.9 Å². The van der Waals surface area contributed by atoms with Crippen LogP contribution in [0.3, 0.4) is 0 Å². The van der Waals surface area contributed by atoms with Crippen LogP contribution in [0, 0.1) is 11.3 Å². The summed E-state index contributed by atoms with van der Waals surface area (Å²) in [7, 11) is 1.33. The Balaban J connectivity index is 1.81. The van der Waals surface area contributed by atoms with Crippen LogP contribution in [0.5, 0.6) is 5.88 Å². The maximum absolute atomic E-state index is 13.0. The highest BCUT2D eigenvalue weighted by Crippen LogP contribution is 2.33. The number of carbonyl (C=O) groups is 2. The molecule has 1 saturated heterocycles. The zero-order valence-corrected chi connectivity index (χ0v) is 16.4. The van der Waals surface area contributed by atoms with E-state index in [1.807, 2.05) is 52.0 Å². The number of nitrogens with zero attached hydrogens (tertiary/aromatic N) is 2. The van der Waals surface area contributed by atoms with E-state index in [4.69, 9.17) is 14.0 Å². The van der Waals surface area contributed by atoms with Crippen molar-refractivity contribution in [3.8, 4) is 5.88 Å². The van der Waals surface area contributed by atoms with E-state index in [1.165, 1.54) is 7.11 Å². The summed E-state index contributed by atoms with van der Waals surface area (Å²) in [6, 6.07) is 6.74. The van der Waals surface area contributed by atoms with Gasteiger partial charge in [0, 0.05) is 12.3 Å². The Morgan fingerprint density at radius 3 is 2.67 bits per heavy atom. The van der Waals surface area contributed by atoms with Crippen LogP contribution in [0.25, 0.3) is 11.0 Å². The SMILES string of the molecule is COC(=O)[C@@H]1C[C@@H](Oc2noc3ccccc23)CN1C(=O)[C@@H](C)C(C)(C)C. The molecule has 0 unspecified atom stereocenters. The van der Waals surface area contributed by atoms with Crippen molar-refractivity contribution >= 4 is 22.8 Å². The number of rotatable bonds is 4. The highest BCUT2D eigenvalue weighted by Gasteiger charge is 2.44. The number of para-hydroxylation sites is 1. The van der Waals surface area contributed by atoms with Crippen LogP contribution in [-0.2, 0) is 14.3 Å². The smallest absolute Gasteiger partial charge is 0.328 e. The number of fused-ring (bicyclic) bond motifs is 1. The van der Waals surface area contributed by atoms with Gasteiger partial charge in [0.15, 0.2) is 5.58 Å². The molecular weight excluding hydrogens is 348 g/mol. The van der Waals surface area contributed by atoms with Crippen LogP contribution < -0.4 is 4.74 Å². The van der Waals surface area contributed by atoms with E-state index in [0.29, 0.717) is 24.4 Å². The number of esters is 1. The van der Waals surface area contributed by atoms with Gasteiger partial charge in [0.05, 0.1) is 19.0 Å². The van der Waals surface area contributed by atoms with E-state index in [2.05, 4.69) is 5.16 Å². The van der Waals surface area contributed by atoms with Crippen LogP contribution in [-0.4, -0.2) is 47.7 Å². The fourth-order valence-electron chi connectivity index (χ4n) is 3.21. The number of ether oxygens (including phenoxy) is 2. The molecule has 7 nitrogen and oxygen atoms in total. The normalized spacial score (nSPS) is 21.3. The third kappa shape index (κ3) is 3.77. The molecular formula is C20H26N2O5. The molecule has 0 spiro atoms. The van der Waals surface area contributed by atoms with Gasteiger partial charge < -0.3 is 18.9 Å². The number of hydrogen-bond donors (Lipinski definition) is 0. The number of amides is 1. The number of benzene rings is 1. The molecule has 7 heteroatoms. The highest BCUT2D eigenvalue weighted by atomic mass is 16.5. The third-order valence-corrected chi connectivity index (χ3v) is 5.31. The molecule has 1 aliphatic rings. The second kappa shape index (κ2) is 7.21. The van der Waals surface area contributed by atoms with Gasteiger partial charge in [-0.15, -0.1) is 0 Å². The summed E-state index contributed by atoms with van der Waals surface area (Å²) >= 11 is 0. The van der Waals surface area contributed by atoms with Crippen LogP contribution in [0.1, 0.15) is 34.1 Å². The lowest BCUT2D eigenvalue weighted by molar-refractivity contribution is -0.153. The minimum atomic E-state index is -0.657. The molecule has 1 aromatic carbocycles. The lowest BCUT2D eigenvalue weighted by Gasteiger charge is -2.32. The minimum Gasteiger partial charge on any atom is -0.470 e. The molecule has 0 N–H and O–H groups in total. The van der Waals surface area contributed by atoms with Gasteiger partial charge in [-0.1, -0.05) is 39.8 Å². The van der Waals surface area contributed by atoms with Crippen molar-refractivity contribution in [3.63, 3.8) is 0 Å². The predicted molar refractivity (Wildman–Crippen MR) is 99.2 cm³/mol. The van der Waals surface area contributed by atoms with Gasteiger partial charge >= 0.3 is 5.97 Å². The summed E-state index contributed by atoms with van der Waals surface area (Å²) in [4.78, 5) is 26.8. The third-order valence-electron chi connectivity index (χ3n) is 5.31. The largest absolute Gasteiger partial charge is 0.470 e. The lowest BCUT2D eigenvalue weighted by atomic mass is 9.81. The van der Waals surface area contributed by atoms with Gasteiger partial charge in [-0.25, -0.2) is 4.79 Å². The van der Waals surface area contributed by atoms with Crippen molar-refractivity contribution in [3.05, 3.63) is 24.3 Å². The molecule has 0 saturated carbocycles. The number of carbonyl (C=O) groups excluding carboxylic acids is 2. The molecule has 2 heterocycles. The van der Waals surface area contributed by atoms with Crippen LogP contribution >= 0.6 is 0 Å². The van der Waals surface area contributed by atoms with Gasteiger partial charge in [0.2, 0.25) is 5.91 Å². The van der Waals surface area contributed by atoms with Crippen molar-refractivity contribution in [1.29, 1.82) is 0 Å². The van der Waals surface area contributed by atoms with Gasteiger partial charge in [-0.3, -0.25) is 4.79 Å². The second-order valence-electron chi connectivity index (χ2n) is 8.08. The Labute approximate surface area is 158 Å². The first-order chi connectivity index (χ1) is 12.7. The van der Waals surface area contributed by atoms with Crippen molar-refractivity contribution < 1.29 is 23.6 Å². The number of methoxy groups -OCH3 is 1. The molecule has 27 heavy (non-hydrogen) atoms. The Morgan fingerprint density at radius 2 is 2.00 bits per heavy atom. The van der Waals surface area contributed by atoms with Crippen molar-refractivity contribution in [2.75, 3.05) is 13.7 Å². The monoisotopic (exact) mass is 374 g/mol. The molecule has 2 aromatic rings. The quantitative estimate of drug-likeness (QED) is 0.765. The first kappa shape index (κ1) is 19.2. The molecule has 1 amide bonds. The summed E-state index contributed by atoms with van der Waals surface area (Å²) < 4.78 is 16.2. The van der Waals surface area contributed by atoms with Crippen molar-refractivity contribution in [2.45, 2.75) is 46.3 Å². The molecule has 3 rings (SSSR count). The van der Waals surface area contributed by atoms with Crippen LogP contribution in [0.4, 0.5) is 0 Å². The summed E-state index contributed by atoms with van der Waals surface area (Å²) in [5.41, 5.74) is 0.420. The standard InChI is InChI=1S/C20H26N2O5/c1-12(20(2,3)4)18(23)22-11-13(10-15(22)19(24)25-5)26-17-14-8-6-7-9-16(14)27-21-17/h6-9,12-13,15H,10-11H2,1-5H3/t12-,13-,15+/m1/s1. The lowest BCUT2D eigenvalue weighted by Crippen LogP contribution is -2.46. The average Bonchev–Trinajstić information content (AvgIpc) is 3.24. The van der Waals surface area contributed by atoms with E-state index in [0.717, 1.165) is 5.39 Å². The van der Waals surface area contributed by atoms with Gasteiger partial charge in [-0.05, 0) is 22.7 Å².